The second-order valence-corrected chi connectivity index (χ2v) is 5.27. The monoisotopic (exact) mass is 283 g/mol. The van der Waals surface area contributed by atoms with E-state index in [1.54, 1.807) is 12.1 Å². The zero-order valence-corrected chi connectivity index (χ0v) is 11.2. The van der Waals surface area contributed by atoms with Crippen molar-refractivity contribution < 1.29 is 14.8 Å². The Morgan fingerprint density at radius 1 is 1.00 bits per heavy atom. The van der Waals surface area contributed by atoms with Crippen LogP contribution in [0.4, 0.5) is 5.69 Å². The van der Waals surface area contributed by atoms with Crippen molar-refractivity contribution >= 4 is 11.7 Å². The lowest BCUT2D eigenvalue weighted by Gasteiger charge is -2.11. The fraction of sp³-hybridized carbons (Fsp3) is 0.188. The molecule has 1 aliphatic rings. The standard InChI is InChI=1S/C16H13NO4/c18-15(19)16(9-10-16)13-5-1-11(2-6-13)12-3-7-14(8-4-12)17(20)21/h1-8H,9-10H2,(H,18,19). The summed E-state index contributed by atoms with van der Waals surface area (Å²) in [4.78, 5) is 21.5. The number of benzene rings is 2. The van der Waals surface area contributed by atoms with Gasteiger partial charge in [-0.15, -0.1) is 0 Å². The lowest BCUT2D eigenvalue weighted by Crippen LogP contribution is -2.19. The third kappa shape index (κ3) is 2.27. The highest BCUT2D eigenvalue weighted by molar-refractivity contribution is 5.85. The van der Waals surface area contributed by atoms with Crippen LogP contribution >= 0.6 is 0 Å². The minimum absolute atomic E-state index is 0.0539. The molecule has 0 spiro atoms. The first kappa shape index (κ1) is 13.3. The number of rotatable bonds is 4. The van der Waals surface area contributed by atoms with E-state index in [0.29, 0.717) is 12.8 Å². The van der Waals surface area contributed by atoms with E-state index in [4.69, 9.17) is 0 Å². The molecule has 106 valence electrons. The smallest absolute Gasteiger partial charge is 0.314 e. The molecule has 0 heterocycles. The molecule has 5 nitrogen and oxygen atoms in total. The molecule has 0 amide bonds. The Hall–Kier alpha value is -2.69. The van der Waals surface area contributed by atoms with Crippen LogP contribution in [0.15, 0.2) is 48.5 Å². The summed E-state index contributed by atoms with van der Waals surface area (Å²) >= 11 is 0. The number of carboxylic acid groups (broad SMARTS) is 1. The largest absolute Gasteiger partial charge is 0.481 e. The van der Waals surface area contributed by atoms with Gasteiger partial charge in [-0.2, -0.15) is 0 Å². The molecule has 0 saturated heterocycles. The van der Waals surface area contributed by atoms with Gasteiger partial charge in [0.25, 0.3) is 5.69 Å². The molecule has 2 aromatic carbocycles. The van der Waals surface area contributed by atoms with Crippen LogP contribution < -0.4 is 0 Å². The van der Waals surface area contributed by atoms with Crippen molar-refractivity contribution in [2.24, 2.45) is 0 Å². The molecule has 5 heteroatoms. The Morgan fingerprint density at radius 2 is 1.48 bits per heavy atom. The number of nitro groups is 1. The van der Waals surface area contributed by atoms with Crippen molar-refractivity contribution in [3.63, 3.8) is 0 Å². The van der Waals surface area contributed by atoms with E-state index in [-0.39, 0.29) is 5.69 Å². The second-order valence-electron chi connectivity index (χ2n) is 5.27. The molecule has 1 N–H and O–H groups in total. The molecule has 1 aliphatic carbocycles. The van der Waals surface area contributed by atoms with Gasteiger partial charge < -0.3 is 5.11 Å². The molecule has 2 aromatic rings. The van der Waals surface area contributed by atoms with Crippen LogP contribution in [-0.4, -0.2) is 16.0 Å². The molecule has 0 bridgehead atoms. The summed E-state index contributed by atoms with van der Waals surface area (Å²) in [6.45, 7) is 0. The summed E-state index contributed by atoms with van der Waals surface area (Å²) in [5.41, 5.74) is 1.95. The van der Waals surface area contributed by atoms with Crippen molar-refractivity contribution in [3.05, 3.63) is 64.2 Å². The van der Waals surface area contributed by atoms with Gasteiger partial charge in [0.15, 0.2) is 0 Å². The van der Waals surface area contributed by atoms with E-state index >= 15 is 0 Å². The van der Waals surface area contributed by atoms with Crippen molar-refractivity contribution in [1.29, 1.82) is 0 Å². The molecule has 1 fully saturated rings. The van der Waals surface area contributed by atoms with Gasteiger partial charge in [0.1, 0.15) is 0 Å². The third-order valence-corrected chi connectivity index (χ3v) is 4.01. The summed E-state index contributed by atoms with van der Waals surface area (Å²) in [6, 6.07) is 13.7. The molecule has 0 atom stereocenters. The number of nitrogens with zero attached hydrogens (tertiary/aromatic N) is 1. The zero-order chi connectivity index (χ0) is 15.0. The topological polar surface area (TPSA) is 80.4 Å². The highest BCUT2D eigenvalue weighted by Gasteiger charge is 2.51. The third-order valence-electron chi connectivity index (χ3n) is 4.01. The molecule has 3 rings (SSSR count). The highest BCUT2D eigenvalue weighted by Crippen LogP contribution is 2.48. The van der Waals surface area contributed by atoms with Gasteiger partial charge in [-0.3, -0.25) is 14.9 Å². The number of non-ortho nitro benzene ring substituents is 1. The minimum Gasteiger partial charge on any atom is -0.481 e. The van der Waals surface area contributed by atoms with E-state index < -0.39 is 16.3 Å². The lowest BCUT2D eigenvalue weighted by atomic mass is 9.94. The zero-order valence-electron chi connectivity index (χ0n) is 11.2. The van der Waals surface area contributed by atoms with Gasteiger partial charge in [-0.25, -0.2) is 0 Å². The first-order chi connectivity index (χ1) is 10.0. The number of hydrogen-bond donors (Lipinski definition) is 1. The Kier molecular flexibility index (Phi) is 2.97. The summed E-state index contributed by atoms with van der Waals surface area (Å²) in [6.07, 6.45) is 1.36. The van der Waals surface area contributed by atoms with Crippen LogP contribution in [0.25, 0.3) is 11.1 Å². The predicted molar refractivity (Wildman–Crippen MR) is 77.1 cm³/mol. The summed E-state index contributed by atoms with van der Waals surface area (Å²) in [5, 5.41) is 19.9. The maximum atomic E-state index is 11.3. The Bertz CT molecular complexity index is 700. The second kappa shape index (κ2) is 4.70. The van der Waals surface area contributed by atoms with Crippen molar-refractivity contribution in [1.82, 2.24) is 0 Å². The number of nitro benzene ring substituents is 1. The van der Waals surface area contributed by atoms with Crippen LogP contribution in [-0.2, 0) is 10.2 Å². The number of carbonyl (C=O) groups is 1. The molecular formula is C16H13NO4. The Labute approximate surface area is 121 Å². The van der Waals surface area contributed by atoms with Crippen molar-refractivity contribution in [3.8, 4) is 11.1 Å². The maximum absolute atomic E-state index is 11.3. The molecule has 1 saturated carbocycles. The summed E-state index contributed by atoms with van der Waals surface area (Å²) in [5.74, 6) is -0.773. The normalized spacial score (nSPS) is 15.4. The van der Waals surface area contributed by atoms with E-state index in [0.717, 1.165) is 16.7 Å². The van der Waals surface area contributed by atoms with Gasteiger partial charge in [0.05, 0.1) is 10.3 Å². The van der Waals surface area contributed by atoms with E-state index in [9.17, 15) is 20.0 Å². The first-order valence-corrected chi connectivity index (χ1v) is 6.62. The van der Waals surface area contributed by atoms with Crippen LogP contribution in [0.2, 0.25) is 0 Å². The van der Waals surface area contributed by atoms with E-state index in [2.05, 4.69) is 0 Å². The number of carboxylic acids is 1. The highest BCUT2D eigenvalue weighted by atomic mass is 16.6. The van der Waals surface area contributed by atoms with Gasteiger partial charge in [0.2, 0.25) is 0 Å². The molecule has 0 radical (unpaired) electrons. The predicted octanol–water partition coefficient (Wildman–Crippen LogP) is 3.38. The first-order valence-electron chi connectivity index (χ1n) is 6.62. The average molecular weight is 283 g/mol. The fourth-order valence-electron chi connectivity index (χ4n) is 2.51. The van der Waals surface area contributed by atoms with Crippen LogP contribution in [0.1, 0.15) is 18.4 Å². The van der Waals surface area contributed by atoms with E-state index in [1.807, 2.05) is 24.3 Å². The van der Waals surface area contributed by atoms with Crippen LogP contribution in [0.5, 0.6) is 0 Å². The van der Waals surface area contributed by atoms with Gasteiger partial charge in [-0.05, 0) is 41.7 Å². The fourth-order valence-corrected chi connectivity index (χ4v) is 2.51. The Balaban J connectivity index is 1.87. The van der Waals surface area contributed by atoms with Crippen LogP contribution in [0.3, 0.4) is 0 Å². The quantitative estimate of drug-likeness (QED) is 0.689. The lowest BCUT2D eigenvalue weighted by molar-refractivity contribution is -0.384. The molecule has 0 unspecified atom stereocenters. The summed E-state index contributed by atoms with van der Waals surface area (Å²) < 4.78 is 0. The van der Waals surface area contributed by atoms with Gasteiger partial charge in [0, 0.05) is 12.1 Å². The molecular weight excluding hydrogens is 270 g/mol. The molecule has 21 heavy (non-hydrogen) atoms. The molecule has 0 aromatic heterocycles. The van der Waals surface area contributed by atoms with Crippen molar-refractivity contribution in [2.75, 3.05) is 0 Å². The summed E-state index contributed by atoms with van der Waals surface area (Å²) in [7, 11) is 0. The van der Waals surface area contributed by atoms with Crippen molar-refractivity contribution in [2.45, 2.75) is 18.3 Å². The molecule has 0 aliphatic heterocycles. The average Bonchev–Trinajstić information content (AvgIpc) is 3.29. The number of hydrogen-bond acceptors (Lipinski definition) is 3. The van der Waals surface area contributed by atoms with Crippen LogP contribution in [0, 0.1) is 10.1 Å². The minimum atomic E-state index is -0.773. The SMILES string of the molecule is O=C(O)C1(c2ccc(-c3ccc([N+](=O)[O-])cc3)cc2)CC1. The van der Waals surface area contributed by atoms with E-state index in [1.165, 1.54) is 12.1 Å². The van der Waals surface area contributed by atoms with Gasteiger partial charge in [-0.1, -0.05) is 24.3 Å². The maximum Gasteiger partial charge on any atom is 0.314 e. The van der Waals surface area contributed by atoms with Gasteiger partial charge >= 0.3 is 5.97 Å². The number of aliphatic carboxylic acids is 1. The Morgan fingerprint density at radius 3 is 1.86 bits per heavy atom.